The molecule has 10 atom stereocenters. The molecule has 7 heterocycles. The van der Waals surface area contributed by atoms with Crippen molar-refractivity contribution in [3.63, 3.8) is 0 Å². The van der Waals surface area contributed by atoms with Gasteiger partial charge in [-0.05, 0) is 0 Å². The monoisotopic (exact) mass is 690 g/mol. The molecule has 3 saturated heterocycles. The fourth-order valence-corrected chi connectivity index (χ4v) is 8.88. The molecule has 6 unspecified atom stereocenters. The van der Waals surface area contributed by atoms with Crippen LogP contribution in [0.3, 0.4) is 0 Å². The van der Waals surface area contributed by atoms with Gasteiger partial charge in [-0.3, -0.25) is 37.0 Å². The molecule has 2 bridgehead atoms. The molecule has 0 aliphatic carbocycles. The lowest BCUT2D eigenvalue weighted by Crippen LogP contribution is -2.36. The van der Waals surface area contributed by atoms with Crippen molar-refractivity contribution in [2.75, 3.05) is 24.7 Å². The maximum atomic E-state index is 13.2. The number of aliphatic hydroxyl groups excluding tert-OH is 2. The zero-order valence-electron chi connectivity index (χ0n) is 22.4. The average Bonchev–Trinajstić information content (AvgIpc) is 3.72. The number of aromatic amines is 1. The molecule has 3 aliphatic heterocycles. The van der Waals surface area contributed by atoms with E-state index in [1.165, 1.54) is 21.8 Å². The standard InChI is InChI=1S/C20H24N10O12P2S/c21-14-8-15(24-3-23-14)29(4-25-8)18-11(32)12-6(40-18)1-38-43(34,35)42-13-10(31)7(2-39-44(36,37)41-12)45-19(13)30-5-26-9-16(30)27-20(22)28-17(9)33/h3-7,10-13,18-19,31-32H,1-2H2,(H,34,35)(H,36,37)(H2,21,23,24)(H3,22,27,28,33)/t6-,7-,10?,11?,12?,13?,18-,19-/m1/s1. The molecule has 22 nitrogen and oxygen atoms in total. The molecule has 25 heteroatoms. The summed E-state index contributed by atoms with van der Waals surface area (Å²) < 4.78 is 55.9. The van der Waals surface area contributed by atoms with Crippen LogP contribution in [0.25, 0.3) is 22.3 Å². The maximum absolute atomic E-state index is 13.2. The van der Waals surface area contributed by atoms with Gasteiger partial charge < -0.3 is 36.2 Å². The molecular formula is C20H24N10O12P2S. The van der Waals surface area contributed by atoms with E-state index in [9.17, 15) is 33.9 Å². The van der Waals surface area contributed by atoms with Crippen LogP contribution < -0.4 is 17.0 Å². The van der Waals surface area contributed by atoms with Crippen LogP contribution in [0, 0.1) is 0 Å². The number of ether oxygens (including phenoxy) is 1. The van der Waals surface area contributed by atoms with Crippen molar-refractivity contribution < 1.29 is 52.0 Å². The van der Waals surface area contributed by atoms with Gasteiger partial charge in [0, 0.05) is 0 Å². The third kappa shape index (κ3) is 5.43. The third-order valence-corrected chi connectivity index (χ3v) is 10.8. The first-order valence-corrected chi connectivity index (χ1v) is 16.9. The van der Waals surface area contributed by atoms with E-state index in [0.29, 0.717) is 0 Å². The molecule has 0 spiro atoms. The molecule has 4 aromatic rings. The van der Waals surface area contributed by atoms with Crippen molar-refractivity contribution in [3.05, 3.63) is 29.3 Å². The summed E-state index contributed by atoms with van der Waals surface area (Å²) in [6.45, 7) is -1.43. The second-order valence-corrected chi connectivity index (χ2v) is 14.3. The van der Waals surface area contributed by atoms with E-state index in [1.807, 2.05) is 0 Å². The van der Waals surface area contributed by atoms with Crippen molar-refractivity contribution >= 4 is 61.5 Å². The number of nitrogens with two attached hydrogens (primary N) is 2. The van der Waals surface area contributed by atoms with E-state index in [1.54, 1.807) is 0 Å². The second kappa shape index (κ2) is 11.0. The summed E-state index contributed by atoms with van der Waals surface area (Å²) in [5, 5.41) is 20.1. The Hall–Kier alpha value is -3.05. The number of nitrogen functional groups attached to an aromatic ring is 2. The lowest BCUT2D eigenvalue weighted by molar-refractivity contribution is -0.0547. The Labute approximate surface area is 253 Å². The summed E-state index contributed by atoms with van der Waals surface area (Å²) in [6.07, 6.45) is -5.63. The number of hydrogen-bond acceptors (Lipinski definition) is 18. The number of phosphoric acid groups is 2. The minimum atomic E-state index is -5.05. The Morgan fingerprint density at radius 1 is 0.911 bits per heavy atom. The summed E-state index contributed by atoms with van der Waals surface area (Å²) in [4.78, 5) is 56.1. The topological polar surface area (TPSA) is 320 Å². The third-order valence-electron chi connectivity index (χ3n) is 7.32. The number of thioether (sulfide) groups is 1. The quantitative estimate of drug-likeness (QED) is 0.116. The first-order valence-electron chi connectivity index (χ1n) is 13.0. The number of aromatic nitrogens is 8. The Morgan fingerprint density at radius 2 is 1.60 bits per heavy atom. The van der Waals surface area contributed by atoms with Crippen molar-refractivity contribution in [2.45, 2.75) is 47.4 Å². The molecule has 0 saturated carbocycles. The number of fused-ring (bicyclic) bond motifs is 5. The number of nitrogens with zero attached hydrogens (tertiary/aromatic N) is 7. The van der Waals surface area contributed by atoms with E-state index < -0.39 is 81.8 Å². The minimum Gasteiger partial charge on any atom is -0.389 e. The van der Waals surface area contributed by atoms with Crippen LogP contribution in [0.1, 0.15) is 11.6 Å². The number of H-pyrrole nitrogens is 1. The highest BCUT2D eigenvalue weighted by Crippen LogP contribution is 2.56. The van der Waals surface area contributed by atoms with Crippen LogP contribution in [-0.2, 0) is 32.0 Å². The number of phosphoric ester groups is 2. The predicted octanol–water partition coefficient (Wildman–Crippen LogP) is -1.62. The fourth-order valence-electron chi connectivity index (χ4n) is 5.30. The summed E-state index contributed by atoms with van der Waals surface area (Å²) in [6, 6.07) is 0. The Morgan fingerprint density at radius 3 is 2.38 bits per heavy atom. The summed E-state index contributed by atoms with van der Waals surface area (Å²) in [5.41, 5.74) is 11.1. The largest absolute Gasteiger partial charge is 0.472 e. The Bertz CT molecular complexity index is 1940. The van der Waals surface area contributed by atoms with Crippen molar-refractivity contribution in [2.24, 2.45) is 0 Å². The lowest BCUT2D eigenvalue weighted by atomic mass is 10.1. The van der Waals surface area contributed by atoms with Gasteiger partial charge in [0.2, 0.25) is 5.95 Å². The number of nitrogens with one attached hydrogen (secondary N) is 1. The van der Waals surface area contributed by atoms with Gasteiger partial charge in [-0.2, -0.15) is 4.98 Å². The Balaban J connectivity index is 1.21. The molecule has 0 aromatic carbocycles. The highest BCUT2D eigenvalue weighted by Gasteiger charge is 2.53. The highest BCUT2D eigenvalue weighted by atomic mass is 32.2. The molecule has 9 N–H and O–H groups in total. The molecular weight excluding hydrogens is 666 g/mol. The first-order chi connectivity index (χ1) is 21.3. The molecule has 4 aromatic heterocycles. The van der Waals surface area contributed by atoms with E-state index in [4.69, 9.17) is 34.3 Å². The van der Waals surface area contributed by atoms with Crippen molar-refractivity contribution in [1.29, 1.82) is 0 Å². The molecule has 0 radical (unpaired) electrons. The first kappa shape index (κ1) is 30.6. The van der Waals surface area contributed by atoms with Crippen LogP contribution in [0.15, 0.2) is 23.8 Å². The fraction of sp³-hybridized carbons (Fsp3) is 0.500. The van der Waals surface area contributed by atoms with E-state index in [-0.39, 0.29) is 34.1 Å². The second-order valence-electron chi connectivity index (χ2n) is 10.1. The number of hydrogen-bond donors (Lipinski definition) is 7. The summed E-state index contributed by atoms with van der Waals surface area (Å²) in [5.74, 6) is -0.194. The summed E-state index contributed by atoms with van der Waals surface area (Å²) in [7, 11) is -10.0. The number of rotatable bonds is 2. The Kier molecular flexibility index (Phi) is 7.50. The average molecular weight is 690 g/mol. The molecule has 242 valence electrons. The maximum Gasteiger partial charge on any atom is 0.472 e. The minimum absolute atomic E-state index is 0.0247. The van der Waals surface area contributed by atoms with E-state index in [2.05, 4.69) is 29.9 Å². The van der Waals surface area contributed by atoms with Crippen molar-refractivity contribution in [3.8, 4) is 0 Å². The van der Waals surface area contributed by atoms with Gasteiger partial charge in [-0.15, -0.1) is 11.8 Å². The molecule has 3 aliphatic rings. The van der Waals surface area contributed by atoms with E-state index in [0.717, 1.165) is 18.1 Å². The van der Waals surface area contributed by atoms with Crippen molar-refractivity contribution in [1.82, 2.24) is 39.0 Å². The van der Waals surface area contributed by atoms with E-state index >= 15 is 0 Å². The number of aliphatic hydroxyl groups is 2. The van der Waals surface area contributed by atoms with Gasteiger partial charge in [0.25, 0.3) is 5.56 Å². The molecule has 0 amide bonds. The molecule has 45 heavy (non-hydrogen) atoms. The smallest absolute Gasteiger partial charge is 0.389 e. The number of imidazole rings is 2. The zero-order chi connectivity index (χ0) is 31.8. The highest BCUT2D eigenvalue weighted by molar-refractivity contribution is 8.00. The van der Waals surface area contributed by atoms with Gasteiger partial charge in [0.15, 0.2) is 28.9 Å². The predicted molar refractivity (Wildman–Crippen MR) is 150 cm³/mol. The van der Waals surface area contributed by atoms with Gasteiger partial charge in [-0.1, -0.05) is 0 Å². The zero-order valence-corrected chi connectivity index (χ0v) is 25.0. The van der Waals surface area contributed by atoms with Crippen LogP contribution in [0.5, 0.6) is 0 Å². The van der Waals surface area contributed by atoms with Crippen LogP contribution in [0.4, 0.5) is 11.8 Å². The van der Waals surface area contributed by atoms with Crippen LogP contribution in [-0.4, -0.2) is 108 Å². The van der Waals surface area contributed by atoms with Gasteiger partial charge in [0.05, 0.1) is 37.2 Å². The van der Waals surface area contributed by atoms with Crippen LogP contribution in [0.2, 0.25) is 0 Å². The molecule has 3 fully saturated rings. The van der Waals surface area contributed by atoms with Gasteiger partial charge >= 0.3 is 15.6 Å². The number of anilines is 2. The van der Waals surface area contributed by atoms with Gasteiger partial charge in [0.1, 0.15) is 41.6 Å². The summed E-state index contributed by atoms with van der Waals surface area (Å²) >= 11 is 0.908. The molecule has 7 rings (SSSR count). The lowest BCUT2D eigenvalue weighted by Gasteiger charge is -2.26. The van der Waals surface area contributed by atoms with Gasteiger partial charge in [-0.25, -0.2) is 29.1 Å². The SMILES string of the molecule is Nc1nc2c(ncn2[C@@H]2S[C@@H]3COP(=O)(O)OC4C(O)[C@H](n5cnc6c(N)ncnc65)O[C@@H]4COP(=O)(O)OC2C3O)c(=O)[nH]1. The normalized spacial score (nSPS) is 37.7. The van der Waals surface area contributed by atoms with Crippen LogP contribution >= 0.6 is 27.4 Å².